The molecule has 0 amide bonds. The van der Waals surface area contributed by atoms with Gasteiger partial charge in [0.15, 0.2) is 0 Å². The number of hydrogen-bond donors (Lipinski definition) is 2. The molecule has 92 valence electrons. The van der Waals surface area contributed by atoms with E-state index in [1.807, 2.05) is 12.3 Å². The third-order valence-corrected chi connectivity index (χ3v) is 3.12. The van der Waals surface area contributed by atoms with Crippen molar-refractivity contribution in [1.29, 1.82) is 0 Å². The summed E-state index contributed by atoms with van der Waals surface area (Å²) in [5, 5.41) is 6.80. The smallest absolute Gasteiger partial charge is 0.144 e. The van der Waals surface area contributed by atoms with Gasteiger partial charge >= 0.3 is 0 Å². The van der Waals surface area contributed by atoms with Crippen LogP contribution in [0.2, 0.25) is 0 Å². The van der Waals surface area contributed by atoms with Crippen molar-refractivity contribution in [2.45, 2.75) is 20.0 Å². The standard InChI is InChI=1S/C13H15N5/c1-2-18-12-4-3-9(6-14)5-11(12)17-13(18)10-7-15-16-8-10/h3-5,7-8H,2,6,14H2,1H3,(H,15,16). The van der Waals surface area contributed by atoms with Crippen LogP contribution in [0.4, 0.5) is 0 Å². The second kappa shape index (κ2) is 4.27. The molecule has 2 aromatic heterocycles. The highest BCUT2D eigenvalue weighted by atomic mass is 15.1. The highest BCUT2D eigenvalue weighted by Gasteiger charge is 2.12. The molecule has 0 saturated heterocycles. The molecule has 0 aliphatic heterocycles. The first-order valence-electron chi connectivity index (χ1n) is 6.02. The van der Waals surface area contributed by atoms with Gasteiger partial charge in [0.1, 0.15) is 5.82 Å². The number of aryl methyl sites for hydroxylation is 1. The van der Waals surface area contributed by atoms with Gasteiger partial charge in [0.05, 0.1) is 22.8 Å². The summed E-state index contributed by atoms with van der Waals surface area (Å²) >= 11 is 0. The lowest BCUT2D eigenvalue weighted by Crippen LogP contribution is -1.97. The first kappa shape index (κ1) is 11.0. The average Bonchev–Trinajstić information content (AvgIpc) is 3.04. The number of nitrogens with one attached hydrogen (secondary N) is 1. The summed E-state index contributed by atoms with van der Waals surface area (Å²) in [7, 11) is 0. The molecule has 0 aliphatic carbocycles. The van der Waals surface area contributed by atoms with Gasteiger partial charge in [-0.2, -0.15) is 5.10 Å². The molecule has 1 aromatic carbocycles. The third kappa shape index (κ3) is 1.60. The maximum atomic E-state index is 5.66. The number of fused-ring (bicyclic) bond motifs is 1. The van der Waals surface area contributed by atoms with E-state index in [0.29, 0.717) is 6.54 Å². The molecule has 2 heterocycles. The normalized spacial score (nSPS) is 11.2. The van der Waals surface area contributed by atoms with Gasteiger partial charge in [0.2, 0.25) is 0 Å². The Kier molecular flexibility index (Phi) is 2.60. The summed E-state index contributed by atoms with van der Waals surface area (Å²) in [5.41, 5.74) is 9.88. The molecule has 5 heteroatoms. The predicted octanol–water partition coefficient (Wildman–Crippen LogP) is 1.90. The van der Waals surface area contributed by atoms with E-state index in [1.165, 1.54) is 0 Å². The molecule has 3 rings (SSSR count). The van der Waals surface area contributed by atoms with Crippen LogP contribution in [0, 0.1) is 0 Å². The highest BCUT2D eigenvalue weighted by Crippen LogP contribution is 2.24. The molecule has 5 nitrogen and oxygen atoms in total. The summed E-state index contributed by atoms with van der Waals surface area (Å²) in [6, 6.07) is 6.18. The van der Waals surface area contributed by atoms with Crippen molar-refractivity contribution in [3.05, 3.63) is 36.2 Å². The van der Waals surface area contributed by atoms with Crippen molar-refractivity contribution in [3.63, 3.8) is 0 Å². The zero-order valence-electron chi connectivity index (χ0n) is 10.2. The summed E-state index contributed by atoms with van der Waals surface area (Å²) in [4.78, 5) is 4.68. The van der Waals surface area contributed by atoms with Crippen molar-refractivity contribution < 1.29 is 0 Å². The molecule has 0 saturated carbocycles. The zero-order valence-corrected chi connectivity index (χ0v) is 10.2. The summed E-state index contributed by atoms with van der Waals surface area (Å²) in [6.45, 7) is 3.52. The van der Waals surface area contributed by atoms with E-state index in [-0.39, 0.29) is 0 Å². The van der Waals surface area contributed by atoms with Gasteiger partial charge in [-0.05, 0) is 24.6 Å². The second-order valence-corrected chi connectivity index (χ2v) is 4.19. The second-order valence-electron chi connectivity index (χ2n) is 4.19. The van der Waals surface area contributed by atoms with Crippen molar-refractivity contribution in [1.82, 2.24) is 19.7 Å². The lowest BCUT2D eigenvalue weighted by atomic mass is 10.2. The number of nitrogens with zero attached hydrogens (tertiary/aromatic N) is 3. The van der Waals surface area contributed by atoms with Gasteiger partial charge in [-0.25, -0.2) is 4.98 Å². The molecule has 3 N–H and O–H groups in total. The average molecular weight is 241 g/mol. The van der Waals surface area contributed by atoms with Crippen LogP contribution in [0.3, 0.4) is 0 Å². The first-order chi connectivity index (χ1) is 8.83. The van der Waals surface area contributed by atoms with E-state index in [2.05, 4.69) is 38.8 Å². The fourth-order valence-corrected chi connectivity index (χ4v) is 2.22. The van der Waals surface area contributed by atoms with Crippen LogP contribution in [0.5, 0.6) is 0 Å². The Morgan fingerprint density at radius 3 is 2.94 bits per heavy atom. The van der Waals surface area contributed by atoms with E-state index >= 15 is 0 Å². The fourth-order valence-electron chi connectivity index (χ4n) is 2.22. The van der Waals surface area contributed by atoms with Crippen LogP contribution >= 0.6 is 0 Å². The maximum absolute atomic E-state index is 5.66. The molecule has 0 bridgehead atoms. The van der Waals surface area contributed by atoms with E-state index in [0.717, 1.165) is 34.5 Å². The van der Waals surface area contributed by atoms with Crippen LogP contribution in [-0.2, 0) is 13.1 Å². The zero-order chi connectivity index (χ0) is 12.5. The largest absolute Gasteiger partial charge is 0.326 e. The molecule has 3 aromatic rings. The number of aromatic nitrogens is 4. The van der Waals surface area contributed by atoms with Gasteiger partial charge < -0.3 is 10.3 Å². The summed E-state index contributed by atoms with van der Waals surface area (Å²) in [6.07, 6.45) is 3.65. The fraction of sp³-hybridized carbons (Fsp3) is 0.231. The Morgan fingerprint density at radius 2 is 2.28 bits per heavy atom. The van der Waals surface area contributed by atoms with E-state index < -0.39 is 0 Å². The molecule has 0 atom stereocenters. The van der Waals surface area contributed by atoms with Crippen LogP contribution < -0.4 is 5.73 Å². The molecule has 0 radical (unpaired) electrons. The van der Waals surface area contributed by atoms with Gasteiger partial charge in [-0.3, -0.25) is 5.10 Å². The molecule has 18 heavy (non-hydrogen) atoms. The molecule has 0 fully saturated rings. The number of rotatable bonds is 3. The predicted molar refractivity (Wildman–Crippen MR) is 70.9 cm³/mol. The minimum atomic E-state index is 0.538. The minimum absolute atomic E-state index is 0.538. The third-order valence-electron chi connectivity index (χ3n) is 3.12. The molecule has 0 spiro atoms. The van der Waals surface area contributed by atoms with Crippen LogP contribution in [0.15, 0.2) is 30.6 Å². The lowest BCUT2D eigenvalue weighted by Gasteiger charge is -2.03. The number of nitrogens with two attached hydrogens (primary N) is 1. The highest BCUT2D eigenvalue weighted by molar-refractivity contribution is 5.81. The van der Waals surface area contributed by atoms with E-state index in [1.54, 1.807) is 6.20 Å². The first-order valence-corrected chi connectivity index (χ1v) is 6.02. The van der Waals surface area contributed by atoms with Crippen LogP contribution in [0.1, 0.15) is 12.5 Å². The molecule has 0 aliphatic rings. The van der Waals surface area contributed by atoms with Gasteiger partial charge in [0.25, 0.3) is 0 Å². The van der Waals surface area contributed by atoms with Crippen molar-refractivity contribution in [2.75, 3.05) is 0 Å². The maximum Gasteiger partial charge on any atom is 0.144 e. The summed E-state index contributed by atoms with van der Waals surface area (Å²) < 4.78 is 2.18. The van der Waals surface area contributed by atoms with E-state index in [4.69, 9.17) is 5.73 Å². The molecule has 0 unspecified atom stereocenters. The number of hydrogen-bond acceptors (Lipinski definition) is 3. The Labute approximate surface area is 105 Å². The Morgan fingerprint density at radius 1 is 1.39 bits per heavy atom. The topological polar surface area (TPSA) is 72.5 Å². The van der Waals surface area contributed by atoms with Crippen LogP contribution in [0.25, 0.3) is 22.4 Å². The van der Waals surface area contributed by atoms with Gasteiger partial charge in [-0.1, -0.05) is 6.07 Å². The van der Waals surface area contributed by atoms with Gasteiger partial charge in [-0.15, -0.1) is 0 Å². The Hall–Kier alpha value is -2.14. The lowest BCUT2D eigenvalue weighted by molar-refractivity contribution is 0.796. The molecular weight excluding hydrogens is 226 g/mol. The van der Waals surface area contributed by atoms with Crippen molar-refractivity contribution in [3.8, 4) is 11.4 Å². The minimum Gasteiger partial charge on any atom is -0.326 e. The SMILES string of the molecule is CCn1c(-c2cn[nH]c2)nc2cc(CN)ccc21. The number of imidazole rings is 1. The number of aromatic amines is 1. The van der Waals surface area contributed by atoms with Gasteiger partial charge in [0, 0.05) is 19.3 Å². The van der Waals surface area contributed by atoms with Crippen molar-refractivity contribution >= 4 is 11.0 Å². The quantitative estimate of drug-likeness (QED) is 0.735. The molecular formula is C13H15N5. The Bertz CT molecular complexity index is 666. The number of H-pyrrole nitrogens is 1. The van der Waals surface area contributed by atoms with Crippen LogP contribution in [-0.4, -0.2) is 19.7 Å². The summed E-state index contributed by atoms with van der Waals surface area (Å²) in [5.74, 6) is 0.940. The Balaban J connectivity index is 2.26. The number of benzene rings is 1. The van der Waals surface area contributed by atoms with Crippen molar-refractivity contribution in [2.24, 2.45) is 5.73 Å². The monoisotopic (exact) mass is 241 g/mol. The van der Waals surface area contributed by atoms with E-state index in [9.17, 15) is 0 Å².